The minimum Gasteiger partial charge on any atom is -0.482 e. The van der Waals surface area contributed by atoms with Gasteiger partial charge in [0.15, 0.2) is 11.6 Å². The molecule has 2 atom stereocenters. The molecular formula is C30H33ClN8O2. The van der Waals surface area contributed by atoms with Gasteiger partial charge in [0, 0.05) is 72.9 Å². The second kappa shape index (κ2) is 10.3. The molecule has 1 spiro atoms. The van der Waals surface area contributed by atoms with Crippen molar-refractivity contribution in [1.29, 1.82) is 0 Å². The largest absolute Gasteiger partial charge is 0.482 e. The van der Waals surface area contributed by atoms with Gasteiger partial charge in [0.05, 0.1) is 16.3 Å². The van der Waals surface area contributed by atoms with E-state index in [0.29, 0.717) is 29.7 Å². The van der Waals surface area contributed by atoms with Gasteiger partial charge in [-0.05, 0) is 63.4 Å². The first-order valence-electron chi connectivity index (χ1n) is 13.7. The predicted octanol–water partition coefficient (Wildman–Crippen LogP) is 5.10. The summed E-state index contributed by atoms with van der Waals surface area (Å²) < 4.78 is 8.22. The number of nitrogens with zero attached hydrogens (tertiary/aromatic N) is 6. The van der Waals surface area contributed by atoms with Gasteiger partial charge in [-0.2, -0.15) is 5.10 Å². The lowest BCUT2D eigenvalue weighted by molar-refractivity contribution is 0.194. The first-order valence-corrected chi connectivity index (χ1v) is 14.1. The molecule has 212 valence electrons. The van der Waals surface area contributed by atoms with Crippen LogP contribution in [0.1, 0.15) is 56.5 Å². The third-order valence-corrected chi connectivity index (χ3v) is 8.57. The minimum absolute atomic E-state index is 0.106. The number of likely N-dealkylation sites (tertiary alicyclic amines) is 1. The van der Waals surface area contributed by atoms with Crippen LogP contribution in [0, 0.1) is 0 Å². The van der Waals surface area contributed by atoms with Crippen LogP contribution in [0.5, 0.6) is 5.75 Å². The van der Waals surface area contributed by atoms with E-state index in [1.165, 1.54) is 0 Å². The van der Waals surface area contributed by atoms with E-state index in [-0.39, 0.29) is 17.6 Å². The molecule has 11 heteroatoms. The van der Waals surface area contributed by atoms with Crippen molar-refractivity contribution in [1.82, 2.24) is 34.9 Å². The van der Waals surface area contributed by atoms with Crippen LogP contribution in [0.25, 0.3) is 11.3 Å². The highest BCUT2D eigenvalue weighted by atomic mass is 35.5. The maximum atomic E-state index is 13.4. The van der Waals surface area contributed by atoms with Crippen molar-refractivity contribution in [3.05, 3.63) is 83.2 Å². The van der Waals surface area contributed by atoms with Gasteiger partial charge in [-0.3, -0.25) is 14.6 Å². The molecule has 6 rings (SSSR count). The maximum Gasteiger partial charge on any atom is 0.318 e. The zero-order valence-corrected chi connectivity index (χ0v) is 24.1. The fourth-order valence-electron chi connectivity index (χ4n) is 5.92. The van der Waals surface area contributed by atoms with E-state index >= 15 is 0 Å². The molecule has 4 aromatic rings. The first kappa shape index (κ1) is 27.0. The Morgan fingerprint density at radius 1 is 1.15 bits per heavy atom. The van der Waals surface area contributed by atoms with Gasteiger partial charge in [-0.15, -0.1) is 0 Å². The zero-order chi connectivity index (χ0) is 28.8. The number of fused-ring (bicyclic) bond motifs is 2. The number of aromatic nitrogens is 5. The number of amides is 2. The number of nitrogens with one attached hydrogen (secondary N) is 1. The Labute approximate surface area is 243 Å². The van der Waals surface area contributed by atoms with Gasteiger partial charge < -0.3 is 20.7 Å². The summed E-state index contributed by atoms with van der Waals surface area (Å²) >= 11 is 6.37. The van der Waals surface area contributed by atoms with Gasteiger partial charge in [-0.1, -0.05) is 17.7 Å². The van der Waals surface area contributed by atoms with Gasteiger partial charge in [0.2, 0.25) is 0 Å². The predicted molar refractivity (Wildman–Crippen MR) is 156 cm³/mol. The van der Waals surface area contributed by atoms with Crippen LogP contribution < -0.4 is 15.8 Å². The van der Waals surface area contributed by atoms with Crippen molar-refractivity contribution in [2.75, 3.05) is 18.8 Å². The molecule has 1 saturated heterocycles. The topological polar surface area (TPSA) is 124 Å². The molecule has 6 heterocycles. The molecular weight excluding hydrogens is 540 g/mol. The number of rotatable bonds is 6. The van der Waals surface area contributed by atoms with Crippen molar-refractivity contribution in [3.8, 4) is 17.0 Å². The van der Waals surface area contributed by atoms with E-state index < -0.39 is 5.54 Å². The quantitative estimate of drug-likeness (QED) is 0.329. The number of nitrogen functional groups attached to an aromatic ring is 1. The molecule has 2 amide bonds. The molecule has 4 aromatic heterocycles. The summed E-state index contributed by atoms with van der Waals surface area (Å²) in [5.74, 6) is 0.823. The summed E-state index contributed by atoms with van der Waals surface area (Å²) in [7, 11) is 0. The average molecular weight is 573 g/mol. The Morgan fingerprint density at radius 3 is 2.73 bits per heavy atom. The number of carbonyl (C=O) groups excluding carboxylic acids is 1. The second-order valence-electron chi connectivity index (χ2n) is 11.4. The van der Waals surface area contributed by atoms with Crippen LogP contribution in [-0.4, -0.2) is 48.8 Å². The van der Waals surface area contributed by atoms with Crippen LogP contribution in [0.3, 0.4) is 0 Å². The highest BCUT2D eigenvalue weighted by Gasteiger charge is 2.47. The summed E-state index contributed by atoms with van der Waals surface area (Å²) in [6.45, 7) is 7.94. The summed E-state index contributed by atoms with van der Waals surface area (Å²) in [4.78, 5) is 27.9. The lowest BCUT2D eigenvalue weighted by Gasteiger charge is -2.31. The number of hydrogen-bond donors (Lipinski definition) is 2. The standard InChI is InChI=1S/C30H33ClN8O2/c1-19(20-5-4-9-33-15-20)41-25-13-21(16-35-27(25)32)24-14-26-30(8-12-39(26)37-24)7-11-38(18-30)28(40)36-29(2,3)22-6-10-34-17-23(22)31/h4-6,9-10,13-17,19H,7-8,11-12,18H2,1-3H3,(H2,32,35)(H,36,40)/t19-,30?/m1/s1. The van der Waals surface area contributed by atoms with E-state index in [1.54, 1.807) is 31.0 Å². The third kappa shape index (κ3) is 5.08. The average Bonchev–Trinajstić information content (AvgIpc) is 3.67. The summed E-state index contributed by atoms with van der Waals surface area (Å²) in [6, 6.07) is 9.58. The lowest BCUT2D eigenvalue weighted by atomic mass is 9.82. The van der Waals surface area contributed by atoms with E-state index in [4.69, 9.17) is 27.2 Å². The van der Waals surface area contributed by atoms with Gasteiger partial charge >= 0.3 is 6.03 Å². The van der Waals surface area contributed by atoms with Crippen molar-refractivity contribution in [2.45, 2.75) is 57.2 Å². The molecule has 1 fully saturated rings. The zero-order valence-electron chi connectivity index (χ0n) is 23.3. The van der Waals surface area contributed by atoms with Gasteiger partial charge in [0.1, 0.15) is 6.10 Å². The van der Waals surface area contributed by atoms with Crippen molar-refractivity contribution in [2.24, 2.45) is 0 Å². The van der Waals surface area contributed by atoms with Crippen molar-refractivity contribution < 1.29 is 9.53 Å². The number of halogens is 1. The van der Waals surface area contributed by atoms with Crippen LogP contribution in [-0.2, 0) is 17.5 Å². The molecule has 0 aromatic carbocycles. The van der Waals surface area contributed by atoms with E-state index in [0.717, 1.165) is 47.5 Å². The number of anilines is 1. The molecule has 2 aliphatic rings. The Balaban J connectivity index is 1.19. The molecule has 0 aliphatic carbocycles. The first-order chi connectivity index (χ1) is 19.6. The Morgan fingerprint density at radius 2 is 1.95 bits per heavy atom. The lowest BCUT2D eigenvalue weighted by Crippen LogP contribution is -2.48. The Hall–Kier alpha value is -4.18. The third-order valence-electron chi connectivity index (χ3n) is 8.27. The number of urea groups is 1. The van der Waals surface area contributed by atoms with Crippen LogP contribution in [0.15, 0.2) is 61.3 Å². The monoisotopic (exact) mass is 572 g/mol. The normalized spacial score (nSPS) is 18.9. The van der Waals surface area contributed by atoms with Gasteiger partial charge in [0.25, 0.3) is 0 Å². The van der Waals surface area contributed by atoms with E-state index in [1.807, 2.05) is 49.9 Å². The van der Waals surface area contributed by atoms with Crippen LogP contribution in [0.2, 0.25) is 5.02 Å². The minimum atomic E-state index is -0.645. The molecule has 10 nitrogen and oxygen atoms in total. The van der Waals surface area contributed by atoms with Crippen molar-refractivity contribution in [3.63, 3.8) is 0 Å². The molecule has 2 aliphatic heterocycles. The highest BCUT2D eigenvalue weighted by molar-refractivity contribution is 6.31. The van der Waals surface area contributed by atoms with Crippen LogP contribution in [0.4, 0.5) is 10.6 Å². The number of nitrogens with two attached hydrogens (primary N) is 1. The molecule has 1 unspecified atom stereocenters. The van der Waals surface area contributed by atoms with E-state index in [2.05, 4.69) is 31.0 Å². The fraction of sp³-hybridized carbons (Fsp3) is 0.367. The van der Waals surface area contributed by atoms with Crippen LogP contribution >= 0.6 is 11.6 Å². The van der Waals surface area contributed by atoms with E-state index in [9.17, 15) is 4.79 Å². The van der Waals surface area contributed by atoms with Gasteiger partial charge in [-0.25, -0.2) is 9.78 Å². The summed E-state index contributed by atoms with van der Waals surface area (Å²) in [5, 5.41) is 8.60. The number of hydrogen-bond acceptors (Lipinski definition) is 7. The smallest absolute Gasteiger partial charge is 0.318 e. The summed E-state index contributed by atoms with van der Waals surface area (Å²) in [6.07, 6.45) is 10.1. The summed E-state index contributed by atoms with van der Waals surface area (Å²) in [5.41, 5.74) is 9.93. The number of aryl methyl sites for hydroxylation is 1. The number of carbonyl (C=O) groups is 1. The molecule has 0 saturated carbocycles. The molecule has 0 radical (unpaired) electrons. The maximum absolute atomic E-state index is 13.4. The SMILES string of the molecule is C[C@@H](Oc1cc(-c2cc3n(n2)CCC32CCN(C(=O)NC(C)(C)c3ccncc3Cl)C2)cnc1N)c1cccnc1. The Bertz CT molecular complexity index is 1590. The number of pyridine rings is 3. The van der Waals surface area contributed by atoms with Crippen molar-refractivity contribution >= 4 is 23.4 Å². The number of ether oxygens (including phenoxy) is 1. The second-order valence-corrected chi connectivity index (χ2v) is 11.8. The highest BCUT2D eigenvalue weighted by Crippen LogP contribution is 2.44. The molecule has 41 heavy (non-hydrogen) atoms. The Kier molecular flexibility index (Phi) is 6.81. The fourth-order valence-corrected chi connectivity index (χ4v) is 6.28. The molecule has 3 N–H and O–H groups in total. The molecule has 0 bridgehead atoms.